The Hall–Kier alpha value is -3.81. The molecule has 1 heterocycles. The SMILES string of the molecule is Cc1ccc(C(=O)COC(=O)c2nc(-c3ccccc3)oc2C)cc1[N+](=O)[O-]. The summed E-state index contributed by atoms with van der Waals surface area (Å²) in [5.41, 5.74) is 1.03. The smallest absolute Gasteiger partial charge is 0.361 e. The van der Waals surface area contributed by atoms with Crippen molar-refractivity contribution in [3.8, 4) is 11.5 Å². The van der Waals surface area contributed by atoms with E-state index in [1.165, 1.54) is 18.2 Å². The van der Waals surface area contributed by atoms with Gasteiger partial charge in [-0.1, -0.05) is 30.3 Å². The molecule has 0 saturated heterocycles. The number of rotatable bonds is 6. The van der Waals surface area contributed by atoms with Gasteiger partial charge >= 0.3 is 5.97 Å². The normalized spacial score (nSPS) is 10.5. The van der Waals surface area contributed by atoms with Crippen LogP contribution in [0, 0.1) is 24.0 Å². The third kappa shape index (κ3) is 3.96. The number of esters is 1. The molecular weight excluding hydrogens is 364 g/mol. The number of aryl methyl sites for hydroxylation is 2. The highest BCUT2D eigenvalue weighted by molar-refractivity contribution is 5.99. The Morgan fingerprint density at radius 2 is 1.86 bits per heavy atom. The molecule has 0 saturated carbocycles. The number of nitro groups is 1. The lowest BCUT2D eigenvalue weighted by atomic mass is 10.1. The van der Waals surface area contributed by atoms with Gasteiger partial charge in [0.1, 0.15) is 5.76 Å². The number of nitrogens with zero attached hydrogens (tertiary/aromatic N) is 2. The van der Waals surface area contributed by atoms with Crippen LogP contribution in [-0.2, 0) is 4.74 Å². The molecule has 0 aliphatic rings. The van der Waals surface area contributed by atoms with Crippen LogP contribution in [0.5, 0.6) is 0 Å². The molecule has 0 unspecified atom stereocenters. The maximum Gasteiger partial charge on any atom is 0.361 e. The number of hydrogen-bond donors (Lipinski definition) is 0. The van der Waals surface area contributed by atoms with E-state index >= 15 is 0 Å². The van der Waals surface area contributed by atoms with E-state index in [2.05, 4.69) is 4.98 Å². The molecule has 0 bridgehead atoms. The van der Waals surface area contributed by atoms with Crippen LogP contribution in [0.15, 0.2) is 52.9 Å². The third-order valence-corrected chi connectivity index (χ3v) is 4.07. The largest absolute Gasteiger partial charge is 0.452 e. The van der Waals surface area contributed by atoms with Crippen molar-refractivity contribution in [3.63, 3.8) is 0 Å². The summed E-state index contributed by atoms with van der Waals surface area (Å²) in [6.45, 7) is 2.58. The van der Waals surface area contributed by atoms with E-state index in [0.717, 1.165) is 0 Å². The van der Waals surface area contributed by atoms with Gasteiger partial charge in [0, 0.05) is 22.8 Å². The predicted molar refractivity (Wildman–Crippen MR) is 99.1 cm³/mol. The number of hydrogen-bond acceptors (Lipinski definition) is 7. The molecule has 0 N–H and O–H groups in total. The van der Waals surface area contributed by atoms with E-state index in [4.69, 9.17) is 9.15 Å². The maximum atomic E-state index is 12.3. The number of Topliss-reactive ketones (excluding diaryl/α,β-unsaturated/α-hetero) is 1. The van der Waals surface area contributed by atoms with Crippen LogP contribution >= 0.6 is 0 Å². The Labute approximate surface area is 159 Å². The minimum absolute atomic E-state index is 0.0264. The fourth-order valence-electron chi connectivity index (χ4n) is 2.55. The van der Waals surface area contributed by atoms with Crippen LogP contribution in [0.1, 0.15) is 32.2 Å². The molecule has 0 fully saturated rings. The second kappa shape index (κ2) is 7.83. The Morgan fingerprint density at radius 1 is 1.14 bits per heavy atom. The predicted octanol–water partition coefficient (Wildman–Crippen LogP) is 3.91. The summed E-state index contributed by atoms with van der Waals surface area (Å²) in [6.07, 6.45) is 0. The van der Waals surface area contributed by atoms with E-state index in [0.29, 0.717) is 11.1 Å². The van der Waals surface area contributed by atoms with Gasteiger partial charge in [-0.2, -0.15) is 0 Å². The highest BCUT2D eigenvalue weighted by Crippen LogP contribution is 2.22. The molecule has 0 spiro atoms. The van der Waals surface area contributed by atoms with Crippen molar-refractivity contribution in [2.45, 2.75) is 13.8 Å². The first-order chi connectivity index (χ1) is 13.4. The number of ether oxygens (including phenoxy) is 1. The summed E-state index contributed by atoms with van der Waals surface area (Å²) >= 11 is 0. The van der Waals surface area contributed by atoms with Crippen molar-refractivity contribution >= 4 is 17.4 Å². The average Bonchev–Trinajstić information content (AvgIpc) is 3.08. The fourth-order valence-corrected chi connectivity index (χ4v) is 2.55. The molecule has 8 heteroatoms. The second-order valence-electron chi connectivity index (χ2n) is 6.05. The molecule has 8 nitrogen and oxygen atoms in total. The Balaban J connectivity index is 1.71. The maximum absolute atomic E-state index is 12.3. The first-order valence-corrected chi connectivity index (χ1v) is 8.35. The van der Waals surface area contributed by atoms with Crippen molar-refractivity contribution < 1.29 is 23.7 Å². The van der Waals surface area contributed by atoms with Gasteiger partial charge in [0.15, 0.2) is 12.3 Å². The second-order valence-corrected chi connectivity index (χ2v) is 6.05. The van der Waals surface area contributed by atoms with E-state index < -0.39 is 23.3 Å². The van der Waals surface area contributed by atoms with Gasteiger partial charge in [0.25, 0.3) is 5.69 Å². The third-order valence-electron chi connectivity index (χ3n) is 4.07. The van der Waals surface area contributed by atoms with Crippen LogP contribution in [-0.4, -0.2) is 28.3 Å². The first kappa shape index (κ1) is 19.0. The monoisotopic (exact) mass is 380 g/mol. The molecule has 2 aromatic carbocycles. The molecule has 0 aliphatic heterocycles. The number of nitro benzene ring substituents is 1. The highest BCUT2D eigenvalue weighted by Gasteiger charge is 2.21. The summed E-state index contributed by atoms with van der Waals surface area (Å²) in [4.78, 5) is 39.1. The lowest BCUT2D eigenvalue weighted by Gasteiger charge is -2.04. The van der Waals surface area contributed by atoms with Gasteiger partial charge in [-0.3, -0.25) is 14.9 Å². The van der Waals surface area contributed by atoms with Crippen LogP contribution < -0.4 is 0 Å². The quantitative estimate of drug-likeness (QED) is 0.276. The highest BCUT2D eigenvalue weighted by atomic mass is 16.6. The minimum atomic E-state index is -0.807. The van der Waals surface area contributed by atoms with Crippen LogP contribution in [0.25, 0.3) is 11.5 Å². The van der Waals surface area contributed by atoms with Gasteiger partial charge in [-0.25, -0.2) is 9.78 Å². The summed E-state index contributed by atoms with van der Waals surface area (Å²) < 4.78 is 10.5. The zero-order valence-corrected chi connectivity index (χ0v) is 15.2. The van der Waals surface area contributed by atoms with E-state index in [1.807, 2.05) is 18.2 Å². The number of benzene rings is 2. The zero-order chi connectivity index (χ0) is 20.3. The Morgan fingerprint density at radius 3 is 2.54 bits per heavy atom. The molecule has 0 atom stereocenters. The van der Waals surface area contributed by atoms with E-state index in [-0.39, 0.29) is 28.6 Å². The van der Waals surface area contributed by atoms with Crippen molar-refractivity contribution in [1.82, 2.24) is 4.98 Å². The van der Waals surface area contributed by atoms with Crippen molar-refractivity contribution in [3.05, 3.63) is 81.2 Å². The van der Waals surface area contributed by atoms with E-state index in [1.54, 1.807) is 26.0 Å². The number of carbonyl (C=O) groups excluding carboxylic acids is 2. The van der Waals surface area contributed by atoms with Crippen LogP contribution in [0.2, 0.25) is 0 Å². The number of oxazole rings is 1. The summed E-state index contributed by atoms with van der Waals surface area (Å²) in [6, 6.07) is 13.1. The lowest BCUT2D eigenvalue weighted by molar-refractivity contribution is -0.385. The van der Waals surface area contributed by atoms with Crippen molar-refractivity contribution in [2.75, 3.05) is 6.61 Å². The number of ketones is 1. The van der Waals surface area contributed by atoms with Gasteiger partial charge in [0.05, 0.1) is 4.92 Å². The topological polar surface area (TPSA) is 113 Å². The molecule has 3 rings (SSSR count). The van der Waals surface area contributed by atoms with Gasteiger partial charge in [-0.05, 0) is 26.0 Å². The zero-order valence-electron chi connectivity index (χ0n) is 15.2. The molecule has 1 aromatic heterocycles. The fraction of sp³-hybridized carbons (Fsp3) is 0.150. The van der Waals surface area contributed by atoms with Crippen molar-refractivity contribution in [2.24, 2.45) is 0 Å². The number of carbonyl (C=O) groups is 2. The first-order valence-electron chi connectivity index (χ1n) is 8.35. The molecule has 28 heavy (non-hydrogen) atoms. The molecule has 3 aromatic rings. The van der Waals surface area contributed by atoms with Gasteiger partial charge in [-0.15, -0.1) is 0 Å². The Bertz CT molecular complexity index is 1060. The average molecular weight is 380 g/mol. The summed E-state index contributed by atoms with van der Waals surface area (Å²) in [7, 11) is 0. The van der Waals surface area contributed by atoms with Gasteiger partial charge < -0.3 is 9.15 Å². The molecular formula is C20H16N2O6. The van der Waals surface area contributed by atoms with E-state index in [9.17, 15) is 19.7 Å². The molecule has 0 amide bonds. The standard InChI is InChI=1S/C20H16N2O6/c1-12-8-9-15(10-16(12)22(25)26)17(23)11-27-20(24)18-13(2)28-19(21-18)14-6-4-3-5-7-14/h3-10H,11H2,1-2H3. The van der Waals surface area contributed by atoms with Gasteiger partial charge in [0.2, 0.25) is 11.7 Å². The minimum Gasteiger partial charge on any atom is -0.452 e. The van der Waals surface area contributed by atoms with Crippen LogP contribution in [0.4, 0.5) is 5.69 Å². The van der Waals surface area contributed by atoms with Crippen molar-refractivity contribution in [1.29, 1.82) is 0 Å². The molecule has 0 aliphatic carbocycles. The summed E-state index contributed by atoms with van der Waals surface area (Å²) in [5.74, 6) is -0.827. The lowest BCUT2D eigenvalue weighted by Crippen LogP contribution is -2.15. The molecule has 142 valence electrons. The Kier molecular flexibility index (Phi) is 5.30. The number of aromatic nitrogens is 1. The molecule has 0 radical (unpaired) electrons. The van der Waals surface area contributed by atoms with Crippen LogP contribution in [0.3, 0.4) is 0 Å². The summed E-state index contributed by atoms with van der Waals surface area (Å²) in [5, 5.41) is 11.0.